The maximum atomic E-state index is 13.7. The summed E-state index contributed by atoms with van der Waals surface area (Å²) < 4.78 is 19.5. The van der Waals surface area contributed by atoms with Crippen LogP contribution in [0.25, 0.3) is 0 Å². The Balaban J connectivity index is 2.87. The van der Waals surface area contributed by atoms with Gasteiger partial charge in [-0.3, -0.25) is 4.79 Å². The van der Waals surface area contributed by atoms with Gasteiger partial charge in [0.25, 0.3) is 0 Å². The van der Waals surface area contributed by atoms with Crippen LogP contribution >= 0.6 is 15.9 Å². The lowest BCUT2D eigenvalue weighted by molar-refractivity contribution is -0.163. The highest BCUT2D eigenvalue weighted by Gasteiger charge is 2.29. The van der Waals surface area contributed by atoms with Crippen molar-refractivity contribution in [2.45, 2.75) is 39.4 Å². The molecular weight excluding hydrogens is 315 g/mol. The number of esters is 1. The average molecular weight is 333 g/mol. The third-order valence-electron chi connectivity index (χ3n) is 2.53. The molecule has 0 saturated carbocycles. The molecule has 1 rings (SSSR count). The Bertz CT molecular complexity index is 468. The molecule has 106 valence electrons. The van der Waals surface area contributed by atoms with E-state index in [4.69, 9.17) is 4.74 Å². The van der Waals surface area contributed by atoms with Crippen LogP contribution in [-0.4, -0.2) is 16.7 Å². The highest BCUT2D eigenvalue weighted by Crippen LogP contribution is 2.28. The fourth-order valence-electron chi connectivity index (χ4n) is 1.53. The van der Waals surface area contributed by atoms with Crippen molar-refractivity contribution >= 4 is 21.9 Å². The minimum Gasteiger partial charge on any atom is -0.460 e. The van der Waals surface area contributed by atoms with E-state index in [0.29, 0.717) is 4.47 Å². The first kappa shape index (κ1) is 16.1. The molecule has 0 aliphatic carbocycles. The minimum atomic E-state index is -1.23. The van der Waals surface area contributed by atoms with Crippen molar-refractivity contribution in [1.29, 1.82) is 0 Å². The third kappa shape index (κ3) is 4.58. The van der Waals surface area contributed by atoms with Crippen molar-refractivity contribution in [3.63, 3.8) is 0 Å². The summed E-state index contributed by atoms with van der Waals surface area (Å²) in [6, 6.07) is 4.31. The van der Waals surface area contributed by atoms with E-state index in [1.54, 1.807) is 26.8 Å². The van der Waals surface area contributed by atoms with Crippen LogP contribution in [0.1, 0.15) is 39.4 Å². The normalized spacial score (nSPS) is 14.9. The molecule has 1 aromatic rings. The van der Waals surface area contributed by atoms with Crippen LogP contribution < -0.4 is 0 Å². The highest BCUT2D eigenvalue weighted by molar-refractivity contribution is 9.10. The van der Waals surface area contributed by atoms with Crippen LogP contribution in [0.2, 0.25) is 0 Å². The maximum Gasteiger partial charge on any atom is 0.312 e. The van der Waals surface area contributed by atoms with Crippen molar-refractivity contribution in [3.8, 4) is 0 Å². The van der Waals surface area contributed by atoms with Crippen LogP contribution in [0.5, 0.6) is 0 Å². The molecule has 2 atom stereocenters. The minimum absolute atomic E-state index is 0.0848. The Labute approximate surface area is 120 Å². The van der Waals surface area contributed by atoms with Crippen molar-refractivity contribution < 1.29 is 19.0 Å². The second-order valence-electron chi connectivity index (χ2n) is 5.43. The van der Waals surface area contributed by atoms with E-state index in [2.05, 4.69) is 15.9 Å². The smallest absolute Gasteiger partial charge is 0.312 e. The van der Waals surface area contributed by atoms with Gasteiger partial charge < -0.3 is 9.84 Å². The summed E-state index contributed by atoms with van der Waals surface area (Å²) in [5.41, 5.74) is -0.551. The summed E-state index contributed by atoms with van der Waals surface area (Å²) in [6.07, 6.45) is -1.23. The lowest BCUT2D eigenvalue weighted by Crippen LogP contribution is -2.30. The zero-order chi connectivity index (χ0) is 14.8. The standard InChI is InChI=1S/C14H18BrFO3/c1-8(13(18)19-14(2,3)4)12(17)10-6-5-9(15)7-11(10)16/h5-8,12,17H,1-4H3. The number of carbonyl (C=O) groups excluding carboxylic acids is 1. The SMILES string of the molecule is CC(C(=O)OC(C)(C)C)C(O)c1ccc(Br)cc1F. The zero-order valence-electron chi connectivity index (χ0n) is 11.4. The summed E-state index contributed by atoms with van der Waals surface area (Å²) >= 11 is 3.14. The number of carbonyl (C=O) groups is 1. The molecular formula is C14H18BrFO3. The van der Waals surface area contributed by atoms with Crippen molar-refractivity contribution in [1.82, 2.24) is 0 Å². The topological polar surface area (TPSA) is 46.5 Å². The highest BCUT2D eigenvalue weighted by atomic mass is 79.9. The van der Waals surface area contributed by atoms with Gasteiger partial charge in [-0.1, -0.05) is 22.0 Å². The molecule has 0 spiro atoms. The van der Waals surface area contributed by atoms with E-state index >= 15 is 0 Å². The molecule has 2 unspecified atom stereocenters. The molecule has 0 aliphatic heterocycles. The van der Waals surface area contributed by atoms with Crippen LogP contribution in [0.15, 0.2) is 22.7 Å². The molecule has 0 radical (unpaired) electrons. The number of halogens is 2. The van der Waals surface area contributed by atoms with Gasteiger partial charge in [-0.2, -0.15) is 0 Å². The number of ether oxygens (including phenoxy) is 1. The molecule has 0 bridgehead atoms. The Morgan fingerprint density at radius 1 is 1.42 bits per heavy atom. The monoisotopic (exact) mass is 332 g/mol. The molecule has 19 heavy (non-hydrogen) atoms. The number of benzene rings is 1. The largest absolute Gasteiger partial charge is 0.460 e. The van der Waals surface area contributed by atoms with E-state index in [9.17, 15) is 14.3 Å². The molecule has 0 amide bonds. The number of rotatable bonds is 3. The molecule has 5 heteroatoms. The summed E-state index contributed by atoms with van der Waals surface area (Å²) in [5, 5.41) is 10.1. The van der Waals surface area contributed by atoms with Gasteiger partial charge in [-0.15, -0.1) is 0 Å². The molecule has 1 N–H and O–H groups in total. The molecule has 0 fully saturated rings. The molecule has 3 nitrogen and oxygen atoms in total. The lowest BCUT2D eigenvalue weighted by Gasteiger charge is -2.24. The second kappa shape index (κ2) is 6.01. The van der Waals surface area contributed by atoms with Crippen LogP contribution in [-0.2, 0) is 9.53 Å². The Hall–Kier alpha value is -0.940. The molecule has 1 aromatic carbocycles. The Morgan fingerprint density at radius 3 is 2.47 bits per heavy atom. The molecule has 0 saturated heterocycles. The quantitative estimate of drug-likeness (QED) is 0.860. The third-order valence-corrected chi connectivity index (χ3v) is 3.03. The van der Waals surface area contributed by atoms with Crippen LogP contribution in [0.4, 0.5) is 4.39 Å². The van der Waals surface area contributed by atoms with E-state index < -0.39 is 29.4 Å². The number of hydrogen-bond acceptors (Lipinski definition) is 3. The lowest BCUT2D eigenvalue weighted by atomic mass is 9.97. The molecule has 0 aliphatic rings. The van der Waals surface area contributed by atoms with Gasteiger partial charge in [-0.05, 0) is 39.8 Å². The number of aliphatic hydroxyl groups excluding tert-OH is 1. The Morgan fingerprint density at radius 2 is 2.00 bits per heavy atom. The first-order chi connectivity index (χ1) is 8.61. The second-order valence-corrected chi connectivity index (χ2v) is 6.35. The van der Waals surface area contributed by atoms with Gasteiger partial charge in [0, 0.05) is 10.0 Å². The average Bonchev–Trinajstić information content (AvgIpc) is 2.24. The van der Waals surface area contributed by atoms with E-state index in [-0.39, 0.29) is 5.56 Å². The van der Waals surface area contributed by atoms with Gasteiger partial charge in [0.2, 0.25) is 0 Å². The predicted octanol–water partition coefficient (Wildman–Crippen LogP) is 3.60. The van der Waals surface area contributed by atoms with E-state index in [1.807, 2.05) is 0 Å². The first-order valence-electron chi connectivity index (χ1n) is 5.97. The molecule has 0 heterocycles. The van der Waals surface area contributed by atoms with Gasteiger partial charge in [0.15, 0.2) is 0 Å². The van der Waals surface area contributed by atoms with Crippen molar-refractivity contribution in [2.75, 3.05) is 0 Å². The number of hydrogen-bond donors (Lipinski definition) is 1. The van der Waals surface area contributed by atoms with Crippen LogP contribution in [0.3, 0.4) is 0 Å². The van der Waals surface area contributed by atoms with E-state index in [1.165, 1.54) is 19.1 Å². The van der Waals surface area contributed by atoms with Gasteiger partial charge >= 0.3 is 5.97 Å². The number of aliphatic hydroxyl groups is 1. The fourth-order valence-corrected chi connectivity index (χ4v) is 1.87. The van der Waals surface area contributed by atoms with Gasteiger partial charge in [0.1, 0.15) is 11.4 Å². The van der Waals surface area contributed by atoms with Crippen molar-refractivity contribution in [3.05, 3.63) is 34.1 Å². The summed E-state index contributed by atoms with van der Waals surface area (Å²) in [7, 11) is 0. The zero-order valence-corrected chi connectivity index (χ0v) is 13.0. The van der Waals surface area contributed by atoms with Gasteiger partial charge in [-0.25, -0.2) is 4.39 Å². The summed E-state index contributed by atoms with van der Waals surface area (Å²) in [5.74, 6) is -1.95. The molecule has 0 aromatic heterocycles. The summed E-state index contributed by atoms with van der Waals surface area (Å²) in [4.78, 5) is 11.8. The Kier molecular flexibility index (Phi) is 5.10. The van der Waals surface area contributed by atoms with Gasteiger partial charge in [0.05, 0.1) is 12.0 Å². The maximum absolute atomic E-state index is 13.7. The van der Waals surface area contributed by atoms with Crippen LogP contribution in [0, 0.1) is 11.7 Å². The first-order valence-corrected chi connectivity index (χ1v) is 6.77. The van der Waals surface area contributed by atoms with Crippen molar-refractivity contribution in [2.24, 2.45) is 5.92 Å². The van der Waals surface area contributed by atoms with E-state index in [0.717, 1.165) is 0 Å². The predicted molar refractivity (Wildman–Crippen MR) is 74.1 cm³/mol. The summed E-state index contributed by atoms with van der Waals surface area (Å²) in [6.45, 7) is 6.73. The fraction of sp³-hybridized carbons (Fsp3) is 0.500.